The average Bonchev–Trinajstić information content (AvgIpc) is 2.63. The van der Waals surface area contributed by atoms with Crippen LogP contribution in [0.3, 0.4) is 0 Å². The van der Waals surface area contributed by atoms with Crippen molar-refractivity contribution in [1.82, 2.24) is 0 Å². The Hall–Kier alpha value is -2.01. The molecule has 134 valence electrons. The minimum absolute atomic E-state index is 0.297. The molecule has 1 saturated heterocycles. The van der Waals surface area contributed by atoms with Crippen LogP contribution in [0.25, 0.3) is 0 Å². The van der Waals surface area contributed by atoms with Crippen LogP contribution in [0.5, 0.6) is 0 Å². The highest BCUT2D eigenvalue weighted by atomic mass is 32.2. The summed E-state index contributed by atoms with van der Waals surface area (Å²) in [5.74, 6) is 0.379. The molecule has 3 rings (SSSR count). The van der Waals surface area contributed by atoms with Crippen LogP contribution in [0.15, 0.2) is 53.4 Å². The Balaban J connectivity index is 1.85. The molecule has 0 spiro atoms. The zero-order valence-corrected chi connectivity index (χ0v) is 15.7. The third-order valence-corrected chi connectivity index (χ3v) is 6.08. The monoisotopic (exact) mass is 358 g/mol. The van der Waals surface area contributed by atoms with Gasteiger partial charge in [0.25, 0.3) is 10.0 Å². The average molecular weight is 359 g/mol. The standard InChI is InChI=1S/C20H26N2O2S/c1-16(2)17-10-12-18(13-11-17)25(23,24)21-19-8-4-5-9-20(19)22-14-6-3-7-15-22/h4-5,8-13,16,21H,3,6-7,14-15H2,1-2H3. The second kappa shape index (κ2) is 7.48. The van der Waals surface area contributed by atoms with Crippen LogP contribution in [0.1, 0.15) is 44.6 Å². The van der Waals surface area contributed by atoms with Gasteiger partial charge in [-0.15, -0.1) is 0 Å². The first-order chi connectivity index (χ1) is 12.0. The molecular weight excluding hydrogens is 332 g/mol. The highest BCUT2D eigenvalue weighted by molar-refractivity contribution is 7.92. The van der Waals surface area contributed by atoms with E-state index < -0.39 is 10.0 Å². The summed E-state index contributed by atoms with van der Waals surface area (Å²) in [5.41, 5.74) is 2.74. The Morgan fingerprint density at radius 1 is 0.920 bits per heavy atom. The molecule has 0 bridgehead atoms. The summed E-state index contributed by atoms with van der Waals surface area (Å²) in [6, 6.07) is 14.8. The molecule has 0 amide bonds. The van der Waals surface area contributed by atoms with Crippen molar-refractivity contribution < 1.29 is 8.42 Å². The van der Waals surface area contributed by atoms with Gasteiger partial charge in [-0.1, -0.05) is 38.1 Å². The number of anilines is 2. The summed E-state index contributed by atoms with van der Waals surface area (Å²) < 4.78 is 28.4. The van der Waals surface area contributed by atoms with Gasteiger partial charge in [0.2, 0.25) is 0 Å². The maximum absolute atomic E-state index is 12.8. The van der Waals surface area contributed by atoms with Gasteiger partial charge >= 0.3 is 0 Å². The highest BCUT2D eigenvalue weighted by Gasteiger charge is 2.19. The van der Waals surface area contributed by atoms with Crippen molar-refractivity contribution in [2.24, 2.45) is 0 Å². The lowest BCUT2D eigenvalue weighted by Crippen LogP contribution is -2.30. The molecule has 0 aromatic heterocycles. The summed E-state index contributed by atoms with van der Waals surface area (Å²) in [7, 11) is -3.59. The molecule has 0 unspecified atom stereocenters. The van der Waals surface area contributed by atoms with Crippen molar-refractivity contribution >= 4 is 21.4 Å². The van der Waals surface area contributed by atoms with Gasteiger partial charge in [-0.25, -0.2) is 8.42 Å². The number of nitrogens with one attached hydrogen (secondary N) is 1. The molecule has 25 heavy (non-hydrogen) atoms. The predicted molar refractivity (Wildman–Crippen MR) is 104 cm³/mol. The SMILES string of the molecule is CC(C)c1ccc(S(=O)(=O)Nc2ccccc2N2CCCCC2)cc1. The minimum atomic E-state index is -3.59. The molecule has 0 radical (unpaired) electrons. The molecule has 1 aliphatic heterocycles. The zero-order chi connectivity index (χ0) is 17.9. The molecular formula is C20H26N2O2S. The minimum Gasteiger partial charge on any atom is -0.370 e. The molecule has 1 aliphatic rings. The van der Waals surface area contributed by atoms with E-state index in [1.807, 2.05) is 36.4 Å². The maximum Gasteiger partial charge on any atom is 0.261 e. The van der Waals surface area contributed by atoms with Gasteiger partial charge in [-0.05, 0) is 55.0 Å². The first-order valence-electron chi connectivity index (χ1n) is 8.94. The fourth-order valence-electron chi connectivity index (χ4n) is 3.21. The maximum atomic E-state index is 12.8. The van der Waals surface area contributed by atoms with E-state index >= 15 is 0 Å². The number of para-hydroxylation sites is 2. The van der Waals surface area contributed by atoms with E-state index in [-0.39, 0.29) is 0 Å². The van der Waals surface area contributed by atoms with Gasteiger partial charge < -0.3 is 4.90 Å². The summed E-state index contributed by atoms with van der Waals surface area (Å²) >= 11 is 0. The van der Waals surface area contributed by atoms with E-state index in [0.717, 1.165) is 37.2 Å². The number of benzene rings is 2. The Bertz CT molecular complexity index is 808. The van der Waals surface area contributed by atoms with Crippen LogP contribution in [0, 0.1) is 0 Å². The molecule has 1 fully saturated rings. The summed E-state index contributed by atoms with van der Waals surface area (Å²) in [6.07, 6.45) is 3.54. The molecule has 1 N–H and O–H groups in total. The molecule has 2 aromatic carbocycles. The van der Waals surface area contributed by atoms with Crippen LogP contribution < -0.4 is 9.62 Å². The Morgan fingerprint density at radius 2 is 1.56 bits per heavy atom. The quantitative estimate of drug-likeness (QED) is 0.850. The van der Waals surface area contributed by atoms with Gasteiger partial charge in [0, 0.05) is 13.1 Å². The van der Waals surface area contributed by atoms with E-state index in [4.69, 9.17) is 0 Å². The van der Waals surface area contributed by atoms with Crippen LogP contribution in [0.2, 0.25) is 0 Å². The van der Waals surface area contributed by atoms with Gasteiger partial charge in [0.15, 0.2) is 0 Å². The van der Waals surface area contributed by atoms with E-state index in [0.29, 0.717) is 16.5 Å². The molecule has 1 heterocycles. The number of rotatable bonds is 5. The zero-order valence-electron chi connectivity index (χ0n) is 14.9. The van der Waals surface area contributed by atoms with Crippen molar-refractivity contribution in [3.63, 3.8) is 0 Å². The molecule has 4 nitrogen and oxygen atoms in total. The Labute approximate surface area is 150 Å². The number of sulfonamides is 1. The number of piperidine rings is 1. The first-order valence-corrected chi connectivity index (χ1v) is 10.4. The topological polar surface area (TPSA) is 49.4 Å². The largest absolute Gasteiger partial charge is 0.370 e. The van der Waals surface area contributed by atoms with Gasteiger partial charge in [-0.3, -0.25) is 4.72 Å². The van der Waals surface area contributed by atoms with Crippen LogP contribution >= 0.6 is 0 Å². The predicted octanol–water partition coefficient (Wildman–Crippen LogP) is 4.60. The fourth-order valence-corrected chi connectivity index (χ4v) is 4.28. The number of nitrogens with zero attached hydrogens (tertiary/aromatic N) is 1. The molecule has 0 atom stereocenters. The van der Waals surface area contributed by atoms with E-state index in [2.05, 4.69) is 23.5 Å². The molecule has 2 aromatic rings. The van der Waals surface area contributed by atoms with Crippen LogP contribution in [0.4, 0.5) is 11.4 Å². The van der Waals surface area contributed by atoms with Crippen LogP contribution in [-0.4, -0.2) is 21.5 Å². The molecule has 0 aliphatic carbocycles. The number of hydrogen-bond acceptors (Lipinski definition) is 3. The second-order valence-electron chi connectivity index (χ2n) is 6.89. The summed E-state index contributed by atoms with van der Waals surface area (Å²) in [4.78, 5) is 2.56. The van der Waals surface area contributed by atoms with E-state index in [9.17, 15) is 8.42 Å². The summed E-state index contributed by atoms with van der Waals surface area (Å²) in [5, 5.41) is 0. The van der Waals surface area contributed by atoms with Crippen LogP contribution in [-0.2, 0) is 10.0 Å². The van der Waals surface area contributed by atoms with Crippen molar-refractivity contribution in [2.45, 2.75) is 43.9 Å². The van der Waals surface area contributed by atoms with Gasteiger partial charge in [0.05, 0.1) is 16.3 Å². The lowest BCUT2D eigenvalue weighted by Gasteiger charge is -2.30. The lowest BCUT2D eigenvalue weighted by molar-refractivity contribution is 0.578. The Kier molecular flexibility index (Phi) is 5.33. The molecule has 5 heteroatoms. The van der Waals surface area contributed by atoms with Crippen molar-refractivity contribution in [1.29, 1.82) is 0 Å². The van der Waals surface area contributed by atoms with Gasteiger partial charge in [-0.2, -0.15) is 0 Å². The smallest absolute Gasteiger partial charge is 0.261 e. The van der Waals surface area contributed by atoms with Crippen molar-refractivity contribution in [2.75, 3.05) is 22.7 Å². The Morgan fingerprint density at radius 3 is 2.20 bits per heavy atom. The third kappa shape index (κ3) is 4.15. The van der Waals surface area contributed by atoms with E-state index in [1.54, 1.807) is 12.1 Å². The highest BCUT2D eigenvalue weighted by Crippen LogP contribution is 2.30. The van der Waals surface area contributed by atoms with Crippen molar-refractivity contribution in [3.05, 3.63) is 54.1 Å². The number of hydrogen-bond donors (Lipinski definition) is 1. The molecule has 0 saturated carbocycles. The third-order valence-electron chi connectivity index (χ3n) is 4.70. The normalized spacial score (nSPS) is 15.4. The fraction of sp³-hybridized carbons (Fsp3) is 0.400. The van der Waals surface area contributed by atoms with E-state index in [1.165, 1.54) is 6.42 Å². The van der Waals surface area contributed by atoms with Crippen molar-refractivity contribution in [3.8, 4) is 0 Å². The lowest BCUT2D eigenvalue weighted by atomic mass is 10.0. The van der Waals surface area contributed by atoms with Gasteiger partial charge in [0.1, 0.15) is 0 Å². The second-order valence-corrected chi connectivity index (χ2v) is 8.58. The first kappa shape index (κ1) is 17.8. The summed E-state index contributed by atoms with van der Waals surface area (Å²) in [6.45, 7) is 6.14.